The molecule has 0 spiro atoms. The molecule has 2 aromatic heterocycles. The van der Waals surface area contributed by atoms with Crippen molar-refractivity contribution >= 4 is 39.0 Å². The number of hydrogen-bond acceptors (Lipinski definition) is 6. The molecule has 4 aromatic rings. The lowest BCUT2D eigenvalue weighted by molar-refractivity contribution is 0.0930. The van der Waals surface area contributed by atoms with Crippen LogP contribution in [0.3, 0.4) is 0 Å². The molecule has 0 unspecified atom stereocenters. The molecule has 0 saturated heterocycles. The van der Waals surface area contributed by atoms with Crippen LogP contribution in [0.2, 0.25) is 0 Å². The van der Waals surface area contributed by atoms with E-state index in [2.05, 4.69) is 15.6 Å². The third kappa shape index (κ3) is 3.16. The molecule has 7 nitrogen and oxygen atoms in total. The average Bonchev–Trinajstić information content (AvgIpc) is 3.05. The van der Waals surface area contributed by atoms with Gasteiger partial charge < -0.3 is 25.9 Å². The Labute approximate surface area is 154 Å². The largest absolute Gasteiger partial charge is 0.507 e. The molecule has 0 atom stereocenters. The Morgan fingerprint density at radius 3 is 2.93 bits per heavy atom. The summed E-state index contributed by atoms with van der Waals surface area (Å²) in [6.45, 7) is 0.688. The Morgan fingerprint density at radius 1 is 1.19 bits per heavy atom. The van der Waals surface area contributed by atoms with E-state index in [0.29, 0.717) is 24.4 Å². The summed E-state index contributed by atoms with van der Waals surface area (Å²) >= 11 is 0. The first-order valence-corrected chi connectivity index (χ1v) is 8.51. The standard InChI is InChI=1S/C20H18N4O3/c21-7-9-23-20(26)19-18(15-6-8-22-11-17(15)27-19)24-13-4-5-14-12(10-13)2-1-3-16(14)25/h1-6,8,10-11,24-25H,7,9,21H2,(H,23,26). The topological polar surface area (TPSA) is 113 Å². The fourth-order valence-corrected chi connectivity index (χ4v) is 2.99. The van der Waals surface area contributed by atoms with Gasteiger partial charge in [0.15, 0.2) is 5.58 Å². The van der Waals surface area contributed by atoms with Crippen LogP contribution < -0.4 is 16.4 Å². The number of benzene rings is 2. The van der Waals surface area contributed by atoms with Crippen molar-refractivity contribution in [2.24, 2.45) is 5.73 Å². The molecule has 7 heteroatoms. The van der Waals surface area contributed by atoms with E-state index in [-0.39, 0.29) is 17.4 Å². The average molecular weight is 362 g/mol. The first kappa shape index (κ1) is 16.9. The second-order valence-electron chi connectivity index (χ2n) is 6.06. The number of carbonyl (C=O) groups is 1. The number of nitrogens with one attached hydrogen (secondary N) is 2. The van der Waals surface area contributed by atoms with Gasteiger partial charge in [-0.3, -0.25) is 9.78 Å². The molecule has 0 fully saturated rings. The van der Waals surface area contributed by atoms with Gasteiger partial charge in [0.25, 0.3) is 5.91 Å². The lowest BCUT2D eigenvalue weighted by Gasteiger charge is -2.09. The summed E-state index contributed by atoms with van der Waals surface area (Å²) in [5.41, 5.74) is 7.30. The second-order valence-corrected chi connectivity index (χ2v) is 6.06. The van der Waals surface area contributed by atoms with E-state index in [1.54, 1.807) is 30.6 Å². The molecule has 4 rings (SSSR count). The summed E-state index contributed by atoms with van der Waals surface area (Å²) in [7, 11) is 0. The molecule has 2 heterocycles. The van der Waals surface area contributed by atoms with E-state index in [1.165, 1.54) is 0 Å². The molecule has 0 aliphatic carbocycles. The molecule has 0 radical (unpaired) electrons. The number of fused-ring (bicyclic) bond motifs is 2. The predicted molar refractivity (Wildman–Crippen MR) is 104 cm³/mol. The van der Waals surface area contributed by atoms with Gasteiger partial charge in [0, 0.05) is 35.7 Å². The zero-order valence-corrected chi connectivity index (χ0v) is 14.4. The number of aromatic hydroxyl groups is 1. The predicted octanol–water partition coefficient (Wildman–Crippen LogP) is 3.12. The van der Waals surface area contributed by atoms with Crippen LogP contribution in [0.4, 0.5) is 11.4 Å². The first-order chi connectivity index (χ1) is 13.2. The van der Waals surface area contributed by atoms with E-state index in [9.17, 15) is 9.90 Å². The van der Waals surface area contributed by atoms with Crippen molar-refractivity contribution in [2.75, 3.05) is 18.4 Å². The van der Waals surface area contributed by atoms with Gasteiger partial charge in [-0.15, -0.1) is 0 Å². The van der Waals surface area contributed by atoms with Gasteiger partial charge in [-0.1, -0.05) is 12.1 Å². The second kappa shape index (κ2) is 6.97. The zero-order chi connectivity index (χ0) is 18.8. The number of anilines is 2. The molecule has 5 N–H and O–H groups in total. The molecule has 0 bridgehead atoms. The minimum absolute atomic E-state index is 0.169. The van der Waals surface area contributed by atoms with E-state index in [1.807, 2.05) is 24.3 Å². The molecule has 0 aliphatic heterocycles. The lowest BCUT2D eigenvalue weighted by Crippen LogP contribution is -2.29. The number of furan rings is 1. The fraction of sp³-hybridized carbons (Fsp3) is 0.100. The van der Waals surface area contributed by atoms with Crippen molar-refractivity contribution in [3.05, 3.63) is 60.6 Å². The molecular formula is C20H18N4O3. The summed E-state index contributed by atoms with van der Waals surface area (Å²) < 4.78 is 5.72. The van der Waals surface area contributed by atoms with Gasteiger partial charge >= 0.3 is 0 Å². The lowest BCUT2D eigenvalue weighted by atomic mass is 10.1. The molecule has 27 heavy (non-hydrogen) atoms. The SMILES string of the molecule is NCCNC(=O)c1oc2cnccc2c1Nc1ccc2c(O)cccc2c1. The van der Waals surface area contributed by atoms with Gasteiger partial charge in [-0.05, 0) is 35.7 Å². The van der Waals surface area contributed by atoms with E-state index >= 15 is 0 Å². The third-order valence-corrected chi connectivity index (χ3v) is 4.26. The normalized spacial score (nSPS) is 11.0. The van der Waals surface area contributed by atoms with Gasteiger partial charge in [-0.2, -0.15) is 0 Å². The number of rotatable bonds is 5. The van der Waals surface area contributed by atoms with Crippen LogP contribution in [0.15, 0.2) is 59.3 Å². The van der Waals surface area contributed by atoms with Crippen LogP contribution in [0.25, 0.3) is 21.7 Å². The van der Waals surface area contributed by atoms with Crippen LogP contribution >= 0.6 is 0 Å². The third-order valence-electron chi connectivity index (χ3n) is 4.26. The smallest absolute Gasteiger partial charge is 0.289 e. The molecule has 0 saturated carbocycles. The first-order valence-electron chi connectivity index (χ1n) is 8.51. The Bertz CT molecular complexity index is 1140. The highest BCUT2D eigenvalue weighted by atomic mass is 16.3. The van der Waals surface area contributed by atoms with Crippen LogP contribution in [-0.4, -0.2) is 29.1 Å². The summed E-state index contributed by atoms with van der Waals surface area (Å²) in [6.07, 6.45) is 3.21. The number of phenolic OH excluding ortho intramolecular Hbond substituents is 1. The number of nitrogens with two attached hydrogens (primary N) is 1. The minimum atomic E-state index is -0.349. The quantitative estimate of drug-likeness (QED) is 0.434. The fourth-order valence-electron chi connectivity index (χ4n) is 2.99. The van der Waals surface area contributed by atoms with Crippen molar-refractivity contribution in [3.63, 3.8) is 0 Å². The van der Waals surface area contributed by atoms with Crippen molar-refractivity contribution in [1.82, 2.24) is 10.3 Å². The Morgan fingerprint density at radius 2 is 2.07 bits per heavy atom. The minimum Gasteiger partial charge on any atom is -0.507 e. The van der Waals surface area contributed by atoms with Crippen LogP contribution in [0, 0.1) is 0 Å². The van der Waals surface area contributed by atoms with Crippen LogP contribution in [-0.2, 0) is 0 Å². The van der Waals surface area contributed by atoms with Gasteiger partial charge in [0.05, 0.1) is 11.9 Å². The van der Waals surface area contributed by atoms with Crippen LogP contribution in [0.1, 0.15) is 10.6 Å². The summed E-state index contributed by atoms with van der Waals surface area (Å²) in [6, 6.07) is 12.7. The maximum atomic E-state index is 12.5. The van der Waals surface area contributed by atoms with Gasteiger partial charge in [0.1, 0.15) is 5.75 Å². The maximum Gasteiger partial charge on any atom is 0.289 e. The molecular weight excluding hydrogens is 344 g/mol. The van der Waals surface area contributed by atoms with Crippen LogP contribution in [0.5, 0.6) is 5.75 Å². The molecule has 2 aromatic carbocycles. The number of carbonyl (C=O) groups excluding carboxylic acids is 1. The monoisotopic (exact) mass is 362 g/mol. The number of hydrogen-bond donors (Lipinski definition) is 4. The Hall–Kier alpha value is -3.58. The molecule has 136 valence electrons. The van der Waals surface area contributed by atoms with Gasteiger partial charge in [0.2, 0.25) is 5.76 Å². The van der Waals surface area contributed by atoms with E-state index in [4.69, 9.17) is 10.2 Å². The highest BCUT2D eigenvalue weighted by Gasteiger charge is 2.20. The summed E-state index contributed by atoms with van der Waals surface area (Å²) in [5, 5.41) is 18.3. The highest BCUT2D eigenvalue weighted by Crippen LogP contribution is 2.34. The van der Waals surface area contributed by atoms with Crippen molar-refractivity contribution < 1.29 is 14.3 Å². The van der Waals surface area contributed by atoms with E-state index in [0.717, 1.165) is 21.8 Å². The summed E-state index contributed by atoms with van der Waals surface area (Å²) in [5.74, 6) is 0.0424. The van der Waals surface area contributed by atoms with Crippen molar-refractivity contribution in [1.29, 1.82) is 0 Å². The number of amides is 1. The van der Waals surface area contributed by atoms with Crippen molar-refractivity contribution in [2.45, 2.75) is 0 Å². The van der Waals surface area contributed by atoms with Crippen molar-refractivity contribution in [3.8, 4) is 5.75 Å². The van der Waals surface area contributed by atoms with Gasteiger partial charge in [-0.25, -0.2) is 0 Å². The zero-order valence-electron chi connectivity index (χ0n) is 14.4. The number of phenols is 1. The number of pyridine rings is 1. The highest BCUT2D eigenvalue weighted by molar-refractivity contribution is 6.07. The Kier molecular flexibility index (Phi) is 4.35. The Balaban J connectivity index is 1.77. The molecule has 0 aliphatic rings. The maximum absolute atomic E-state index is 12.5. The molecule has 1 amide bonds. The number of nitrogens with zero attached hydrogens (tertiary/aromatic N) is 1. The number of aromatic nitrogens is 1. The summed E-state index contributed by atoms with van der Waals surface area (Å²) in [4.78, 5) is 16.5. The van der Waals surface area contributed by atoms with E-state index < -0.39 is 0 Å².